The van der Waals surface area contributed by atoms with E-state index in [1.807, 2.05) is 24.3 Å². The molecule has 8 heteroatoms. The fraction of sp³-hybridized carbons (Fsp3) is 0.312. The van der Waals surface area contributed by atoms with Crippen molar-refractivity contribution in [2.45, 2.75) is 30.0 Å². The van der Waals surface area contributed by atoms with Crippen LogP contribution in [0.5, 0.6) is 0 Å². The smallest absolute Gasteiger partial charge is 0.354 e. The van der Waals surface area contributed by atoms with Gasteiger partial charge in [0.15, 0.2) is 4.34 Å². The third-order valence-electron chi connectivity index (χ3n) is 3.50. The van der Waals surface area contributed by atoms with Gasteiger partial charge in [-0.15, -0.1) is 11.3 Å². The van der Waals surface area contributed by atoms with Crippen molar-refractivity contribution in [3.05, 3.63) is 35.5 Å². The van der Waals surface area contributed by atoms with Gasteiger partial charge in [-0.2, -0.15) is 0 Å². The van der Waals surface area contributed by atoms with Crippen molar-refractivity contribution in [3.8, 4) is 0 Å². The van der Waals surface area contributed by atoms with E-state index in [9.17, 15) is 9.59 Å². The number of carbonyl (C=O) groups excluding carboxylic acids is 2. The maximum absolute atomic E-state index is 12.0. The van der Waals surface area contributed by atoms with Crippen molar-refractivity contribution in [1.29, 1.82) is 0 Å². The van der Waals surface area contributed by atoms with Gasteiger partial charge in [0.2, 0.25) is 5.91 Å². The van der Waals surface area contributed by atoms with E-state index < -0.39 is 5.97 Å². The van der Waals surface area contributed by atoms with Crippen molar-refractivity contribution in [3.63, 3.8) is 0 Å². The number of aromatic nitrogens is 1. The summed E-state index contributed by atoms with van der Waals surface area (Å²) < 4.78 is 6.90. The minimum Gasteiger partial charge on any atom is -0.464 e. The Labute approximate surface area is 151 Å². The second-order valence-corrected chi connectivity index (χ2v) is 9.05. The number of nitrogens with zero attached hydrogens (tertiary/aromatic N) is 2. The van der Waals surface area contributed by atoms with E-state index >= 15 is 0 Å². The van der Waals surface area contributed by atoms with Gasteiger partial charge < -0.3 is 4.74 Å². The maximum atomic E-state index is 12.0. The number of allylic oxidation sites excluding steroid dienone is 1. The highest BCUT2D eigenvalue weighted by atomic mass is 33.1. The molecule has 0 spiro atoms. The summed E-state index contributed by atoms with van der Waals surface area (Å²) in [5.74, 6) is -0.530. The van der Waals surface area contributed by atoms with Gasteiger partial charge in [0.05, 0.1) is 23.7 Å². The Morgan fingerprint density at radius 2 is 2.12 bits per heavy atom. The van der Waals surface area contributed by atoms with Crippen molar-refractivity contribution in [2.75, 3.05) is 7.11 Å². The number of thiazole rings is 1. The average molecular weight is 381 g/mol. The molecular formula is C16H16N2O3S3. The van der Waals surface area contributed by atoms with Crippen LogP contribution < -0.4 is 0 Å². The highest BCUT2D eigenvalue weighted by Gasteiger charge is 2.42. The van der Waals surface area contributed by atoms with Gasteiger partial charge in [-0.25, -0.2) is 9.78 Å². The molecule has 1 aliphatic rings. The molecule has 0 bridgehead atoms. The molecule has 0 saturated carbocycles. The molecule has 1 aliphatic heterocycles. The first-order valence-electron chi connectivity index (χ1n) is 7.28. The Morgan fingerprint density at radius 1 is 1.38 bits per heavy atom. The number of benzene rings is 1. The van der Waals surface area contributed by atoms with Gasteiger partial charge >= 0.3 is 5.97 Å². The summed E-state index contributed by atoms with van der Waals surface area (Å²) in [6.45, 7) is 3.61. The lowest BCUT2D eigenvalue weighted by molar-refractivity contribution is -0.147. The van der Waals surface area contributed by atoms with E-state index in [0.29, 0.717) is 12.1 Å². The van der Waals surface area contributed by atoms with Gasteiger partial charge in [0.1, 0.15) is 11.1 Å². The van der Waals surface area contributed by atoms with Gasteiger partial charge in [-0.05, 0) is 42.3 Å². The van der Waals surface area contributed by atoms with E-state index in [2.05, 4.69) is 4.98 Å². The van der Waals surface area contributed by atoms with Crippen LogP contribution in [0, 0.1) is 0 Å². The van der Waals surface area contributed by atoms with E-state index in [1.165, 1.54) is 22.8 Å². The van der Waals surface area contributed by atoms with Crippen molar-refractivity contribution in [2.24, 2.45) is 0 Å². The van der Waals surface area contributed by atoms with Crippen LogP contribution in [-0.4, -0.2) is 34.2 Å². The fourth-order valence-corrected chi connectivity index (χ4v) is 6.12. The van der Waals surface area contributed by atoms with Crippen molar-refractivity contribution < 1.29 is 14.3 Å². The molecule has 126 valence electrons. The molecule has 1 saturated heterocycles. The zero-order valence-electron chi connectivity index (χ0n) is 13.4. The Bertz CT molecular complexity index is 794. The summed E-state index contributed by atoms with van der Waals surface area (Å²) in [4.78, 5) is 30.1. The van der Waals surface area contributed by atoms with Gasteiger partial charge in [-0.1, -0.05) is 22.9 Å². The minimum absolute atomic E-state index is 0.0565. The molecule has 1 atom stereocenters. The number of β-lactam (4-membered cyclic amide) rings is 1. The molecule has 0 unspecified atom stereocenters. The normalized spacial score (nSPS) is 16.9. The number of rotatable bonds is 5. The van der Waals surface area contributed by atoms with E-state index in [0.717, 1.165) is 20.1 Å². The number of para-hydroxylation sites is 1. The zero-order valence-corrected chi connectivity index (χ0v) is 15.9. The number of ether oxygens (including phenoxy) is 1. The van der Waals surface area contributed by atoms with Crippen LogP contribution in [0.3, 0.4) is 0 Å². The van der Waals surface area contributed by atoms with Gasteiger partial charge in [-0.3, -0.25) is 9.69 Å². The molecule has 5 nitrogen and oxygen atoms in total. The largest absolute Gasteiger partial charge is 0.464 e. The Balaban J connectivity index is 1.72. The van der Waals surface area contributed by atoms with Crippen LogP contribution in [0.15, 0.2) is 39.9 Å². The molecule has 24 heavy (non-hydrogen) atoms. The molecule has 1 amide bonds. The van der Waals surface area contributed by atoms with E-state index in [4.69, 9.17) is 4.74 Å². The summed E-state index contributed by atoms with van der Waals surface area (Å²) in [6, 6.07) is 7.98. The Kier molecular flexibility index (Phi) is 5.17. The summed E-state index contributed by atoms with van der Waals surface area (Å²) in [6.07, 6.45) is 0.413. The molecule has 2 aromatic rings. The molecule has 0 N–H and O–H groups in total. The summed E-state index contributed by atoms with van der Waals surface area (Å²) in [5, 5.41) is -0.0847. The first-order chi connectivity index (χ1) is 11.5. The predicted octanol–water partition coefficient (Wildman–Crippen LogP) is 4.06. The first kappa shape index (κ1) is 17.3. The van der Waals surface area contributed by atoms with Crippen LogP contribution in [0.25, 0.3) is 10.2 Å². The van der Waals surface area contributed by atoms with Crippen LogP contribution in [-0.2, 0) is 14.3 Å². The monoisotopic (exact) mass is 380 g/mol. The summed E-state index contributed by atoms with van der Waals surface area (Å²) in [5.41, 5.74) is 2.09. The standard InChI is InChI=1S/C16H16N2O3S3/c1-9(2)14(15(20)21-3)18-12(19)8-13(18)23-24-16-17-10-6-4-5-7-11(10)22-16/h4-7,13H,8H2,1-3H3/t13-/m1/s1. The highest BCUT2D eigenvalue weighted by molar-refractivity contribution is 8.77. The number of esters is 1. The molecule has 0 radical (unpaired) electrons. The number of amides is 1. The fourth-order valence-electron chi connectivity index (χ4n) is 2.36. The third kappa shape index (κ3) is 3.31. The number of carbonyl (C=O) groups is 2. The summed E-state index contributed by atoms with van der Waals surface area (Å²) >= 11 is 1.63. The number of likely N-dealkylation sites (tertiary alicyclic amines) is 1. The van der Waals surface area contributed by atoms with E-state index in [1.54, 1.807) is 36.0 Å². The molecule has 3 rings (SSSR count). The van der Waals surface area contributed by atoms with Gasteiger partial charge in [0.25, 0.3) is 0 Å². The SMILES string of the molecule is COC(=O)C(=C(C)C)N1C(=O)C[C@H]1SSc1nc2ccccc2s1. The topological polar surface area (TPSA) is 59.5 Å². The molecule has 0 aliphatic carbocycles. The molecule has 1 fully saturated rings. The second kappa shape index (κ2) is 7.16. The summed E-state index contributed by atoms with van der Waals surface area (Å²) in [7, 11) is 4.41. The van der Waals surface area contributed by atoms with Crippen LogP contribution in [0.2, 0.25) is 0 Å². The van der Waals surface area contributed by atoms with Crippen LogP contribution >= 0.6 is 32.9 Å². The van der Waals surface area contributed by atoms with Gasteiger partial charge in [0, 0.05) is 0 Å². The Hall–Kier alpha value is -1.51. The van der Waals surface area contributed by atoms with Crippen molar-refractivity contribution in [1.82, 2.24) is 9.88 Å². The zero-order chi connectivity index (χ0) is 17.3. The number of hydrogen-bond donors (Lipinski definition) is 0. The number of hydrogen-bond acceptors (Lipinski definition) is 7. The minimum atomic E-state index is -0.473. The average Bonchev–Trinajstić information content (AvgIpc) is 2.97. The molecule has 1 aromatic heterocycles. The maximum Gasteiger partial charge on any atom is 0.354 e. The Morgan fingerprint density at radius 3 is 2.75 bits per heavy atom. The van der Waals surface area contributed by atoms with Crippen LogP contribution in [0.4, 0.5) is 0 Å². The predicted molar refractivity (Wildman–Crippen MR) is 98.7 cm³/mol. The lowest BCUT2D eigenvalue weighted by Gasteiger charge is -2.40. The third-order valence-corrected chi connectivity index (χ3v) is 7.51. The number of fused-ring (bicyclic) bond motifs is 1. The second-order valence-electron chi connectivity index (χ2n) is 5.39. The van der Waals surface area contributed by atoms with E-state index in [-0.39, 0.29) is 11.3 Å². The van der Waals surface area contributed by atoms with Crippen molar-refractivity contribution >= 4 is 55.0 Å². The molecule has 2 heterocycles. The van der Waals surface area contributed by atoms with Crippen LogP contribution in [0.1, 0.15) is 20.3 Å². The molecule has 1 aromatic carbocycles. The number of methoxy groups -OCH3 is 1. The quantitative estimate of drug-likeness (QED) is 0.337. The molecular weight excluding hydrogens is 364 g/mol. The lowest BCUT2D eigenvalue weighted by Crippen LogP contribution is -2.51. The highest BCUT2D eigenvalue weighted by Crippen LogP contribution is 2.45. The lowest BCUT2D eigenvalue weighted by atomic mass is 10.1. The first-order valence-corrected chi connectivity index (χ1v) is 10.3.